The summed E-state index contributed by atoms with van der Waals surface area (Å²) in [6.45, 7) is 1.57. The number of fused-ring (bicyclic) bond motifs is 1. The van der Waals surface area contributed by atoms with E-state index in [-0.39, 0.29) is 11.9 Å². The van der Waals surface area contributed by atoms with E-state index in [2.05, 4.69) is 10.1 Å². The molecule has 1 saturated heterocycles. The number of imidazole rings is 1. The molecule has 0 spiro atoms. The van der Waals surface area contributed by atoms with Crippen molar-refractivity contribution in [2.75, 3.05) is 13.1 Å². The van der Waals surface area contributed by atoms with E-state index in [0.29, 0.717) is 6.42 Å². The first-order chi connectivity index (χ1) is 10.8. The van der Waals surface area contributed by atoms with E-state index in [0.717, 1.165) is 36.6 Å². The molecular weight excluding hydrogens is 298 g/mol. The van der Waals surface area contributed by atoms with Crippen LogP contribution in [0.1, 0.15) is 24.6 Å². The maximum atomic E-state index is 12.5. The van der Waals surface area contributed by atoms with Crippen LogP contribution >= 0.6 is 11.3 Å². The van der Waals surface area contributed by atoms with Crippen molar-refractivity contribution in [1.29, 1.82) is 0 Å². The summed E-state index contributed by atoms with van der Waals surface area (Å²) in [5, 5.41) is 6.30. The second kappa shape index (κ2) is 5.57. The number of hydrogen-bond acceptors (Lipinski definition) is 4. The first kappa shape index (κ1) is 13.5. The smallest absolute Gasteiger partial charge is 0.228 e. The number of nitrogens with zero attached hydrogens (tertiary/aromatic N) is 5. The van der Waals surface area contributed by atoms with Crippen molar-refractivity contribution in [3.8, 4) is 0 Å². The van der Waals surface area contributed by atoms with Gasteiger partial charge in [0.1, 0.15) is 0 Å². The second-order valence-corrected chi connectivity index (χ2v) is 6.50. The van der Waals surface area contributed by atoms with E-state index in [1.807, 2.05) is 44.0 Å². The molecule has 0 saturated carbocycles. The molecular formula is C15H17N5OS. The van der Waals surface area contributed by atoms with Crippen molar-refractivity contribution >= 4 is 22.2 Å². The zero-order valence-electron chi connectivity index (χ0n) is 12.1. The van der Waals surface area contributed by atoms with E-state index in [4.69, 9.17) is 0 Å². The fraction of sp³-hybridized carbons (Fsp3) is 0.400. The van der Waals surface area contributed by atoms with Crippen molar-refractivity contribution in [3.05, 3.63) is 41.9 Å². The Morgan fingerprint density at radius 1 is 1.41 bits per heavy atom. The lowest BCUT2D eigenvalue weighted by Gasteiger charge is -2.32. The third kappa shape index (κ3) is 2.52. The van der Waals surface area contributed by atoms with Crippen LogP contribution in [0.3, 0.4) is 0 Å². The van der Waals surface area contributed by atoms with Gasteiger partial charge < -0.3 is 4.90 Å². The number of likely N-dealkylation sites (tertiary alicyclic amines) is 1. The first-order valence-corrected chi connectivity index (χ1v) is 8.35. The Hall–Kier alpha value is -2.15. The van der Waals surface area contributed by atoms with Crippen molar-refractivity contribution in [1.82, 2.24) is 24.1 Å². The molecule has 0 N–H and O–H groups in total. The Balaban J connectivity index is 1.44. The number of piperidine rings is 1. The van der Waals surface area contributed by atoms with Crippen LogP contribution < -0.4 is 0 Å². The third-order valence-corrected chi connectivity index (χ3v) is 4.89. The summed E-state index contributed by atoms with van der Waals surface area (Å²) in [6, 6.07) is 2.22. The molecule has 4 heterocycles. The molecule has 6 nitrogen and oxygen atoms in total. The molecule has 0 bridgehead atoms. The summed E-state index contributed by atoms with van der Waals surface area (Å²) in [5.41, 5.74) is 0.845. The van der Waals surface area contributed by atoms with Gasteiger partial charge in [-0.3, -0.25) is 13.9 Å². The second-order valence-electron chi connectivity index (χ2n) is 5.62. The maximum absolute atomic E-state index is 12.5. The summed E-state index contributed by atoms with van der Waals surface area (Å²) in [4.78, 5) is 19.9. The zero-order valence-corrected chi connectivity index (χ0v) is 12.9. The molecule has 0 aliphatic carbocycles. The normalized spacial score (nSPS) is 18.9. The van der Waals surface area contributed by atoms with Crippen molar-refractivity contribution in [3.63, 3.8) is 0 Å². The summed E-state index contributed by atoms with van der Waals surface area (Å²) in [5.74, 6) is 0.155. The lowest BCUT2D eigenvalue weighted by molar-refractivity contribution is -0.132. The molecule has 1 aliphatic heterocycles. The van der Waals surface area contributed by atoms with Gasteiger partial charge in [-0.15, -0.1) is 11.3 Å². The summed E-state index contributed by atoms with van der Waals surface area (Å²) >= 11 is 1.58. The van der Waals surface area contributed by atoms with Crippen LogP contribution in [0.4, 0.5) is 0 Å². The highest BCUT2D eigenvalue weighted by Crippen LogP contribution is 2.21. The van der Waals surface area contributed by atoms with E-state index < -0.39 is 0 Å². The SMILES string of the molecule is O=C(Cc1cn2ccsc2n1)N1CCC[C@@H](n2cccn2)C1. The lowest BCUT2D eigenvalue weighted by Crippen LogP contribution is -2.41. The topological polar surface area (TPSA) is 55.4 Å². The maximum Gasteiger partial charge on any atom is 0.228 e. The van der Waals surface area contributed by atoms with Crippen molar-refractivity contribution in [2.45, 2.75) is 25.3 Å². The molecule has 1 fully saturated rings. The molecule has 114 valence electrons. The molecule has 1 atom stereocenters. The first-order valence-electron chi connectivity index (χ1n) is 7.47. The summed E-state index contributed by atoms with van der Waals surface area (Å²) in [7, 11) is 0. The zero-order chi connectivity index (χ0) is 14.9. The van der Waals surface area contributed by atoms with Crippen LogP contribution in [-0.4, -0.2) is 43.1 Å². The molecule has 7 heteroatoms. The minimum Gasteiger partial charge on any atom is -0.340 e. The number of amides is 1. The molecule has 1 amide bonds. The third-order valence-electron chi connectivity index (χ3n) is 4.12. The van der Waals surface area contributed by atoms with E-state index in [1.165, 1.54) is 0 Å². The monoisotopic (exact) mass is 315 g/mol. The van der Waals surface area contributed by atoms with Crippen LogP contribution in [0.15, 0.2) is 36.2 Å². The largest absolute Gasteiger partial charge is 0.340 e. The Morgan fingerprint density at radius 3 is 3.18 bits per heavy atom. The number of hydrogen-bond donors (Lipinski definition) is 0. The van der Waals surface area contributed by atoms with Gasteiger partial charge in [-0.05, 0) is 18.9 Å². The molecule has 0 radical (unpaired) electrons. The van der Waals surface area contributed by atoms with Crippen LogP contribution in [0.2, 0.25) is 0 Å². The van der Waals surface area contributed by atoms with Gasteiger partial charge in [0.05, 0.1) is 18.2 Å². The standard InChI is InChI=1S/C15H17N5OS/c21-14(9-12-10-19-7-8-22-15(19)17-12)18-5-1-3-13(11-18)20-6-2-4-16-20/h2,4,6-8,10,13H,1,3,5,9,11H2/t13-/m1/s1. The average Bonchev–Trinajstić information content (AvgIpc) is 3.24. The summed E-state index contributed by atoms with van der Waals surface area (Å²) in [6.07, 6.45) is 10.1. The van der Waals surface area contributed by atoms with E-state index in [9.17, 15) is 4.79 Å². The number of carbonyl (C=O) groups is 1. The van der Waals surface area contributed by atoms with E-state index in [1.54, 1.807) is 17.5 Å². The van der Waals surface area contributed by atoms with Gasteiger partial charge in [-0.25, -0.2) is 4.98 Å². The van der Waals surface area contributed by atoms with Crippen LogP contribution in [-0.2, 0) is 11.2 Å². The van der Waals surface area contributed by atoms with Gasteiger partial charge in [0.2, 0.25) is 5.91 Å². The van der Waals surface area contributed by atoms with Gasteiger partial charge in [0.25, 0.3) is 0 Å². The Bertz CT molecular complexity index is 746. The number of aromatic nitrogens is 4. The van der Waals surface area contributed by atoms with Gasteiger partial charge in [0.15, 0.2) is 4.96 Å². The molecule has 0 unspecified atom stereocenters. The van der Waals surface area contributed by atoms with Gasteiger partial charge in [0, 0.05) is 43.3 Å². The molecule has 4 rings (SSSR count). The highest BCUT2D eigenvalue weighted by molar-refractivity contribution is 7.15. The Kier molecular flexibility index (Phi) is 3.42. The summed E-state index contributed by atoms with van der Waals surface area (Å²) < 4.78 is 3.93. The lowest BCUT2D eigenvalue weighted by atomic mass is 10.1. The molecule has 1 aliphatic rings. The average molecular weight is 315 g/mol. The molecule has 0 aromatic carbocycles. The van der Waals surface area contributed by atoms with Gasteiger partial charge >= 0.3 is 0 Å². The molecule has 3 aromatic rings. The number of rotatable bonds is 3. The van der Waals surface area contributed by atoms with Gasteiger partial charge in [-0.2, -0.15) is 5.10 Å². The van der Waals surface area contributed by atoms with Crippen LogP contribution in [0, 0.1) is 0 Å². The number of carbonyl (C=O) groups excluding carboxylic acids is 1. The molecule has 22 heavy (non-hydrogen) atoms. The minimum absolute atomic E-state index is 0.155. The quantitative estimate of drug-likeness (QED) is 0.743. The van der Waals surface area contributed by atoms with Crippen LogP contribution in [0.25, 0.3) is 4.96 Å². The number of thiazole rings is 1. The Morgan fingerprint density at radius 2 is 2.36 bits per heavy atom. The molecule has 3 aromatic heterocycles. The predicted molar refractivity (Wildman–Crippen MR) is 83.9 cm³/mol. The Labute approximate surface area is 132 Å². The van der Waals surface area contributed by atoms with Gasteiger partial charge in [-0.1, -0.05) is 0 Å². The van der Waals surface area contributed by atoms with Crippen molar-refractivity contribution < 1.29 is 4.79 Å². The fourth-order valence-corrected chi connectivity index (χ4v) is 3.74. The minimum atomic E-state index is 0.155. The fourth-order valence-electron chi connectivity index (χ4n) is 3.02. The highest BCUT2D eigenvalue weighted by Gasteiger charge is 2.25. The highest BCUT2D eigenvalue weighted by atomic mass is 32.1. The van der Waals surface area contributed by atoms with Crippen molar-refractivity contribution in [2.24, 2.45) is 0 Å². The van der Waals surface area contributed by atoms with E-state index >= 15 is 0 Å². The van der Waals surface area contributed by atoms with Crippen LogP contribution in [0.5, 0.6) is 0 Å². The predicted octanol–water partition coefficient (Wildman–Crippen LogP) is 2.00.